The lowest BCUT2D eigenvalue weighted by atomic mass is 10.2. The summed E-state index contributed by atoms with van der Waals surface area (Å²) in [5, 5.41) is 3.10. The summed E-state index contributed by atoms with van der Waals surface area (Å²) in [4.78, 5) is 24.8. The molecule has 0 saturated carbocycles. The first-order valence-corrected chi connectivity index (χ1v) is 11.0. The van der Waals surface area contributed by atoms with Gasteiger partial charge in [-0.25, -0.2) is 0 Å². The monoisotopic (exact) mass is 547 g/mol. The highest BCUT2D eigenvalue weighted by Crippen LogP contribution is 2.28. The quantitative estimate of drug-likeness (QED) is 0.360. The van der Waals surface area contributed by atoms with Gasteiger partial charge in [0.05, 0.1) is 16.7 Å². The molecule has 0 aromatic heterocycles. The molecule has 1 atom stereocenters. The highest BCUT2D eigenvalue weighted by atomic mass is 79.9. The van der Waals surface area contributed by atoms with Crippen LogP contribution in [0.3, 0.4) is 0 Å². The largest absolute Gasteiger partial charge is 0.490 e. The van der Waals surface area contributed by atoms with Crippen LogP contribution in [-0.2, 0) is 4.79 Å². The lowest BCUT2D eigenvalue weighted by Crippen LogP contribution is -2.51. The summed E-state index contributed by atoms with van der Waals surface area (Å²) in [6.45, 7) is 5.23. The Morgan fingerprint density at radius 1 is 1.00 bits per heavy atom. The molecule has 166 valence electrons. The molecule has 0 fully saturated rings. The van der Waals surface area contributed by atoms with Gasteiger partial charge in [-0.15, -0.1) is 0 Å². The van der Waals surface area contributed by atoms with Crippen molar-refractivity contribution >= 4 is 68.3 Å². The third-order valence-corrected chi connectivity index (χ3v) is 4.87. The third-order valence-electron chi connectivity index (χ3n) is 3.64. The molecule has 0 saturated heterocycles. The Hall–Kier alpha value is -2.07. The van der Waals surface area contributed by atoms with Crippen LogP contribution in [0.2, 0.25) is 10.0 Å². The van der Waals surface area contributed by atoms with E-state index in [2.05, 4.69) is 32.1 Å². The minimum Gasteiger partial charge on any atom is -0.490 e. The number of rotatable bonds is 6. The molecule has 0 aliphatic carbocycles. The molecule has 0 aliphatic heterocycles. The second kappa shape index (κ2) is 11.5. The Balaban J connectivity index is 1.92. The van der Waals surface area contributed by atoms with E-state index >= 15 is 0 Å². The molecule has 7 nitrogen and oxygen atoms in total. The summed E-state index contributed by atoms with van der Waals surface area (Å²) in [5.41, 5.74) is 5.12. The summed E-state index contributed by atoms with van der Waals surface area (Å²) >= 11 is 20.3. The molecule has 0 spiro atoms. The minimum absolute atomic E-state index is 0.106. The van der Waals surface area contributed by atoms with E-state index in [0.717, 1.165) is 0 Å². The van der Waals surface area contributed by atoms with Crippen LogP contribution in [0.4, 0.5) is 0 Å². The van der Waals surface area contributed by atoms with Crippen LogP contribution in [0.15, 0.2) is 40.9 Å². The van der Waals surface area contributed by atoms with Gasteiger partial charge in [0, 0.05) is 9.50 Å². The normalized spacial score (nSPS) is 11.5. The Morgan fingerprint density at radius 3 is 2.32 bits per heavy atom. The molecule has 3 N–H and O–H groups in total. The standard InChI is InChI=1S/C20H20BrCl2N3O4S/c1-10(2)29-16-6-4-12(21)8-14(16)19(28)24-20(31)26-25-18(27)11(3)30-17-7-5-13(22)9-15(17)23/h4-11H,1-3H3,(H,25,27)(H2,24,26,28,31). The summed E-state index contributed by atoms with van der Waals surface area (Å²) in [6, 6.07) is 9.71. The molecule has 2 rings (SSSR count). The predicted molar refractivity (Wildman–Crippen MR) is 128 cm³/mol. The first-order valence-electron chi connectivity index (χ1n) is 9.06. The Bertz CT molecular complexity index is 991. The molecule has 2 aromatic rings. The van der Waals surface area contributed by atoms with E-state index in [0.29, 0.717) is 21.0 Å². The van der Waals surface area contributed by atoms with Crippen molar-refractivity contribution in [1.29, 1.82) is 0 Å². The lowest BCUT2D eigenvalue weighted by molar-refractivity contribution is -0.127. The number of thiocarbonyl (C=S) groups is 1. The van der Waals surface area contributed by atoms with E-state index in [1.54, 1.807) is 30.3 Å². The average molecular weight is 549 g/mol. The number of amides is 2. The number of hydrogen-bond donors (Lipinski definition) is 3. The Morgan fingerprint density at radius 2 is 1.68 bits per heavy atom. The van der Waals surface area contributed by atoms with Gasteiger partial charge in [0.25, 0.3) is 11.8 Å². The zero-order valence-corrected chi connectivity index (χ0v) is 20.7. The van der Waals surface area contributed by atoms with Crippen molar-refractivity contribution in [3.05, 3.63) is 56.5 Å². The molecule has 0 heterocycles. The van der Waals surface area contributed by atoms with E-state index in [4.69, 9.17) is 44.9 Å². The fraction of sp³-hybridized carbons (Fsp3) is 0.250. The number of benzene rings is 2. The van der Waals surface area contributed by atoms with E-state index in [1.165, 1.54) is 13.0 Å². The van der Waals surface area contributed by atoms with Gasteiger partial charge in [0.15, 0.2) is 11.2 Å². The Labute approximate surface area is 203 Å². The number of halogens is 3. The Kier molecular flexibility index (Phi) is 9.36. The molecule has 11 heteroatoms. The third kappa shape index (κ3) is 7.84. The van der Waals surface area contributed by atoms with Gasteiger partial charge in [0.1, 0.15) is 11.5 Å². The van der Waals surface area contributed by atoms with Gasteiger partial charge in [-0.2, -0.15) is 0 Å². The molecule has 0 radical (unpaired) electrons. The first-order chi connectivity index (χ1) is 14.6. The second-order valence-electron chi connectivity index (χ2n) is 6.54. The molecule has 0 bridgehead atoms. The fourth-order valence-corrected chi connectivity index (χ4v) is 3.23. The van der Waals surface area contributed by atoms with Crippen molar-refractivity contribution in [1.82, 2.24) is 16.2 Å². The maximum absolute atomic E-state index is 12.6. The first kappa shape index (κ1) is 25.2. The minimum atomic E-state index is -0.902. The van der Waals surface area contributed by atoms with Gasteiger partial charge in [-0.3, -0.25) is 25.8 Å². The van der Waals surface area contributed by atoms with Gasteiger partial charge in [-0.1, -0.05) is 39.1 Å². The number of nitrogens with one attached hydrogen (secondary N) is 3. The van der Waals surface area contributed by atoms with Crippen LogP contribution in [-0.4, -0.2) is 29.1 Å². The van der Waals surface area contributed by atoms with Gasteiger partial charge in [0.2, 0.25) is 0 Å². The van der Waals surface area contributed by atoms with Crippen molar-refractivity contribution in [3.8, 4) is 11.5 Å². The second-order valence-corrected chi connectivity index (χ2v) is 8.71. The molecule has 2 amide bonds. The maximum atomic E-state index is 12.6. The van der Waals surface area contributed by atoms with Gasteiger partial charge < -0.3 is 9.47 Å². The summed E-state index contributed by atoms with van der Waals surface area (Å²) in [5.74, 6) is -0.323. The van der Waals surface area contributed by atoms with Crippen molar-refractivity contribution in [2.24, 2.45) is 0 Å². The molecule has 0 aliphatic rings. The van der Waals surface area contributed by atoms with E-state index in [9.17, 15) is 9.59 Å². The smallest absolute Gasteiger partial charge is 0.279 e. The van der Waals surface area contributed by atoms with Crippen molar-refractivity contribution in [3.63, 3.8) is 0 Å². The van der Waals surface area contributed by atoms with E-state index in [1.807, 2.05) is 13.8 Å². The van der Waals surface area contributed by atoms with Crippen LogP contribution in [0.1, 0.15) is 31.1 Å². The number of hydrogen-bond acceptors (Lipinski definition) is 5. The number of carbonyl (C=O) groups excluding carboxylic acids is 2. The summed E-state index contributed by atoms with van der Waals surface area (Å²) < 4.78 is 11.9. The van der Waals surface area contributed by atoms with Gasteiger partial charge in [-0.05, 0) is 69.4 Å². The maximum Gasteiger partial charge on any atom is 0.279 e. The molecular formula is C20H20BrCl2N3O4S. The topological polar surface area (TPSA) is 88.7 Å². The molecular weight excluding hydrogens is 529 g/mol. The summed E-state index contributed by atoms with van der Waals surface area (Å²) in [6.07, 6.45) is -1.02. The zero-order chi connectivity index (χ0) is 23.1. The van der Waals surface area contributed by atoms with Crippen LogP contribution in [0.5, 0.6) is 11.5 Å². The van der Waals surface area contributed by atoms with Crippen molar-refractivity contribution < 1.29 is 19.1 Å². The SMILES string of the molecule is CC(C)Oc1ccc(Br)cc1C(=O)NC(=S)NNC(=O)C(C)Oc1ccc(Cl)cc1Cl. The predicted octanol–water partition coefficient (Wildman–Crippen LogP) is 4.65. The molecule has 1 unspecified atom stereocenters. The highest BCUT2D eigenvalue weighted by molar-refractivity contribution is 9.10. The number of hydrazine groups is 1. The van der Waals surface area contributed by atoms with Crippen LogP contribution in [0, 0.1) is 0 Å². The van der Waals surface area contributed by atoms with Gasteiger partial charge >= 0.3 is 0 Å². The van der Waals surface area contributed by atoms with E-state index in [-0.39, 0.29) is 21.8 Å². The summed E-state index contributed by atoms with van der Waals surface area (Å²) in [7, 11) is 0. The number of carbonyl (C=O) groups is 2. The van der Waals surface area contributed by atoms with Crippen LogP contribution >= 0.6 is 51.3 Å². The molecule has 31 heavy (non-hydrogen) atoms. The van der Waals surface area contributed by atoms with Crippen molar-refractivity contribution in [2.75, 3.05) is 0 Å². The van der Waals surface area contributed by atoms with E-state index < -0.39 is 17.9 Å². The highest BCUT2D eigenvalue weighted by Gasteiger charge is 2.18. The zero-order valence-electron chi connectivity index (χ0n) is 16.8. The van der Waals surface area contributed by atoms with Crippen LogP contribution < -0.4 is 25.6 Å². The lowest BCUT2D eigenvalue weighted by Gasteiger charge is -2.17. The molecule has 2 aromatic carbocycles. The number of ether oxygens (including phenoxy) is 2. The van der Waals surface area contributed by atoms with Crippen LogP contribution in [0.25, 0.3) is 0 Å². The average Bonchev–Trinajstić information content (AvgIpc) is 2.69. The fourth-order valence-electron chi connectivity index (χ4n) is 2.27. The van der Waals surface area contributed by atoms with Crippen molar-refractivity contribution in [2.45, 2.75) is 33.0 Å².